The van der Waals surface area contributed by atoms with Gasteiger partial charge in [-0.15, -0.1) is 0 Å². The first kappa shape index (κ1) is 16.3. The molecule has 2 aromatic rings. The van der Waals surface area contributed by atoms with E-state index in [1.54, 1.807) is 6.07 Å². The average Bonchev–Trinajstić information content (AvgIpc) is 3.35. The van der Waals surface area contributed by atoms with Crippen LogP contribution in [0.3, 0.4) is 0 Å². The molecule has 1 saturated carbocycles. The maximum absolute atomic E-state index is 12.7. The first-order chi connectivity index (χ1) is 12.2. The summed E-state index contributed by atoms with van der Waals surface area (Å²) in [5.41, 5.74) is 2.88. The Morgan fingerprint density at radius 2 is 1.92 bits per heavy atom. The molecule has 1 amide bonds. The van der Waals surface area contributed by atoms with Crippen LogP contribution in [0.15, 0.2) is 34.9 Å². The molecule has 2 fully saturated rings. The molecule has 4 rings (SSSR count). The second-order valence-electron chi connectivity index (χ2n) is 7.36. The first-order valence-electron chi connectivity index (χ1n) is 9.25. The van der Waals surface area contributed by atoms with Crippen molar-refractivity contribution >= 4 is 5.91 Å². The highest BCUT2D eigenvalue weighted by Gasteiger charge is 2.28. The minimum absolute atomic E-state index is 0.0495. The van der Waals surface area contributed by atoms with E-state index in [4.69, 9.17) is 4.52 Å². The maximum Gasteiger partial charge on any atom is 0.292 e. The van der Waals surface area contributed by atoms with E-state index in [1.807, 2.05) is 36.1 Å². The largest absolute Gasteiger partial charge is 0.350 e. The molecule has 1 aliphatic carbocycles. The number of aromatic nitrogens is 1. The summed E-state index contributed by atoms with van der Waals surface area (Å²) in [6, 6.07) is 10.4. The van der Waals surface area contributed by atoms with Crippen LogP contribution in [0.25, 0.3) is 11.3 Å². The zero-order valence-corrected chi connectivity index (χ0v) is 14.7. The Morgan fingerprint density at radius 1 is 1.20 bits per heavy atom. The van der Waals surface area contributed by atoms with Crippen molar-refractivity contribution < 1.29 is 9.32 Å². The van der Waals surface area contributed by atoms with Crippen molar-refractivity contribution in [1.82, 2.24) is 15.4 Å². The number of benzene rings is 1. The molecule has 0 unspecified atom stereocenters. The Morgan fingerprint density at radius 3 is 2.60 bits per heavy atom. The van der Waals surface area contributed by atoms with E-state index in [2.05, 4.69) is 10.5 Å². The first-order valence-corrected chi connectivity index (χ1v) is 9.25. The third-order valence-corrected chi connectivity index (χ3v) is 5.24. The van der Waals surface area contributed by atoms with E-state index in [0.29, 0.717) is 17.5 Å². The Balaban J connectivity index is 1.34. The fraction of sp³-hybridized carbons (Fsp3) is 0.500. The summed E-state index contributed by atoms with van der Waals surface area (Å²) in [6.07, 6.45) is 4.77. The van der Waals surface area contributed by atoms with E-state index in [1.165, 1.54) is 18.4 Å². The molecule has 132 valence electrons. The van der Waals surface area contributed by atoms with Crippen LogP contribution in [0.1, 0.15) is 41.8 Å². The van der Waals surface area contributed by atoms with E-state index in [0.717, 1.165) is 44.0 Å². The summed E-state index contributed by atoms with van der Waals surface area (Å²) in [5, 5.41) is 7.71. The summed E-state index contributed by atoms with van der Waals surface area (Å²) >= 11 is 0. The van der Waals surface area contributed by atoms with Gasteiger partial charge < -0.3 is 14.7 Å². The average molecular weight is 339 g/mol. The predicted molar refractivity (Wildman–Crippen MR) is 96.3 cm³/mol. The number of carbonyl (C=O) groups excluding carboxylic acids is 1. The zero-order chi connectivity index (χ0) is 17.2. The van der Waals surface area contributed by atoms with Gasteiger partial charge in [0.25, 0.3) is 5.91 Å². The number of rotatable bonds is 5. The molecule has 5 nitrogen and oxygen atoms in total. The van der Waals surface area contributed by atoms with Crippen molar-refractivity contribution in [3.05, 3.63) is 41.7 Å². The highest BCUT2D eigenvalue weighted by atomic mass is 16.5. The number of hydrogen-bond donors (Lipinski definition) is 1. The smallest absolute Gasteiger partial charge is 0.292 e. The quantitative estimate of drug-likeness (QED) is 0.908. The van der Waals surface area contributed by atoms with Crippen molar-refractivity contribution in [2.24, 2.45) is 5.92 Å². The number of nitrogens with zero attached hydrogens (tertiary/aromatic N) is 2. The molecule has 1 aromatic carbocycles. The lowest BCUT2D eigenvalue weighted by molar-refractivity contribution is 0.0663. The lowest BCUT2D eigenvalue weighted by atomic mass is 10.0. The lowest BCUT2D eigenvalue weighted by Gasteiger charge is -2.31. The van der Waals surface area contributed by atoms with Gasteiger partial charge in [0.2, 0.25) is 5.76 Å². The lowest BCUT2D eigenvalue weighted by Crippen LogP contribution is -2.45. The number of hydrogen-bond acceptors (Lipinski definition) is 4. The van der Waals surface area contributed by atoms with Gasteiger partial charge in [-0.05, 0) is 45.1 Å². The van der Waals surface area contributed by atoms with Crippen molar-refractivity contribution in [1.29, 1.82) is 0 Å². The third-order valence-electron chi connectivity index (χ3n) is 5.24. The predicted octanol–water partition coefficient (Wildman–Crippen LogP) is 3.25. The van der Waals surface area contributed by atoms with Gasteiger partial charge >= 0.3 is 0 Å². The van der Waals surface area contributed by atoms with Crippen LogP contribution in [-0.2, 0) is 0 Å². The van der Waals surface area contributed by atoms with Gasteiger partial charge in [-0.3, -0.25) is 4.79 Å². The molecule has 1 N–H and O–H groups in total. The number of likely N-dealkylation sites (tertiary alicyclic amines) is 1. The van der Waals surface area contributed by atoms with E-state index >= 15 is 0 Å². The summed E-state index contributed by atoms with van der Waals surface area (Å²) in [5.74, 6) is 1.18. The molecule has 2 aliphatic rings. The Bertz CT molecular complexity index is 726. The normalized spacial score (nSPS) is 18.5. The summed E-state index contributed by atoms with van der Waals surface area (Å²) < 4.78 is 5.32. The molecule has 1 saturated heterocycles. The molecular formula is C20H25N3O2. The molecule has 0 bridgehead atoms. The van der Waals surface area contributed by atoms with Gasteiger partial charge in [0.1, 0.15) is 5.69 Å². The standard InChI is InChI=1S/C20H25N3O2/c1-14-2-6-16(7-3-14)18-12-19(25-22-18)20(24)23-10-8-17(9-11-23)21-13-15-4-5-15/h2-3,6-7,12,15,17,21H,4-5,8-11,13H2,1H3. The van der Waals surface area contributed by atoms with Crippen molar-refractivity contribution in [2.75, 3.05) is 19.6 Å². The number of aryl methyl sites for hydroxylation is 1. The van der Waals surface area contributed by atoms with Crippen molar-refractivity contribution in [3.63, 3.8) is 0 Å². The second-order valence-corrected chi connectivity index (χ2v) is 7.36. The van der Waals surface area contributed by atoms with Crippen LogP contribution in [0.5, 0.6) is 0 Å². The van der Waals surface area contributed by atoms with Gasteiger partial charge in [-0.1, -0.05) is 35.0 Å². The Hall–Kier alpha value is -2.14. The highest BCUT2D eigenvalue weighted by Crippen LogP contribution is 2.28. The Labute approximate surface area is 148 Å². The molecule has 25 heavy (non-hydrogen) atoms. The third kappa shape index (κ3) is 3.93. The minimum Gasteiger partial charge on any atom is -0.350 e. The van der Waals surface area contributed by atoms with Gasteiger partial charge in [0.15, 0.2) is 0 Å². The zero-order valence-electron chi connectivity index (χ0n) is 14.7. The minimum atomic E-state index is -0.0495. The van der Waals surface area contributed by atoms with Gasteiger partial charge in [0, 0.05) is 30.8 Å². The number of carbonyl (C=O) groups is 1. The van der Waals surface area contributed by atoms with Gasteiger partial charge in [-0.2, -0.15) is 0 Å². The monoisotopic (exact) mass is 339 g/mol. The maximum atomic E-state index is 12.7. The molecule has 1 aromatic heterocycles. The topological polar surface area (TPSA) is 58.4 Å². The van der Waals surface area contributed by atoms with E-state index in [-0.39, 0.29) is 5.91 Å². The molecule has 1 aliphatic heterocycles. The molecule has 0 atom stereocenters. The van der Waals surface area contributed by atoms with Crippen LogP contribution in [-0.4, -0.2) is 41.6 Å². The molecular weight excluding hydrogens is 314 g/mol. The fourth-order valence-electron chi connectivity index (χ4n) is 3.33. The summed E-state index contributed by atoms with van der Waals surface area (Å²) in [6.45, 7) is 4.74. The molecule has 0 radical (unpaired) electrons. The van der Waals surface area contributed by atoms with Gasteiger partial charge in [0.05, 0.1) is 0 Å². The van der Waals surface area contributed by atoms with E-state index in [9.17, 15) is 4.79 Å². The molecule has 2 heterocycles. The molecule has 5 heteroatoms. The number of nitrogens with one attached hydrogen (secondary N) is 1. The number of piperidine rings is 1. The van der Waals surface area contributed by atoms with Crippen molar-refractivity contribution in [3.8, 4) is 11.3 Å². The van der Waals surface area contributed by atoms with Crippen LogP contribution >= 0.6 is 0 Å². The summed E-state index contributed by atoms with van der Waals surface area (Å²) in [4.78, 5) is 14.5. The van der Waals surface area contributed by atoms with Crippen molar-refractivity contribution in [2.45, 2.75) is 38.6 Å². The fourth-order valence-corrected chi connectivity index (χ4v) is 3.33. The second kappa shape index (κ2) is 7.00. The van der Waals surface area contributed by atoms with Crippen LogP contribution in [0.2, 0.25) is 0 Å². The SMILES string of the molecule is Cc1ccc(-c2cc(C(=O)N3CCC(NCC4CC4)CC3)on2)cc1. The summed E-state index contributed by atoms with van der Waals surface area (Å²) in [7, 11) is 0. The van der Waals surface area contributed by atoms with Crippen LogP contribution in [0, 0.1) is 12.8 Å². The van der Waals surface area contributed by atoms with Gasteiger partial charge in [-0.25, -0.2) is 0 Å². The van der Waals surface area contributed by atoms with E-state index < -0.39 is 0 Å². The van der Waals surface area contributed by atoms with Crippen LogP contribution in [0.4, 0.5) is 0 Å². The Kier molecular flexibility index (Phi) is 4.57. The highest BCUT2D eigenvalue weighted by molar-refractivity contribution is 5.92. The molecule has 0 spiro atoms. The number of amides is 1. The van der Waals surface area contributed by atoms with Crippen LogP contribution < -0.4 is 5.32 Å².